The highest BCUT2D eigenvalue weighted by Gasteiger charge is 2.58. The maximum atomic E-state index is 12.7. The number of anilines is 1. The Labute approximate surface area is 164 Å². The zero-order valence-corrected chi connectivity index (χ0v) is 15.7. The fraction of sp³-hybridized carbons (Fsp3) is 0.368. The van der Waals surface area contributed by atoms with Crippen molar-refractivity contribution in [3.8, 4) is 0 Å². The number of pyridine rings is 1. The van der Waals surface area contributed by atoms with Gasteiger partial charge in [0, 0.05) is 32.3 Å². The van der Waals surface area contributed by atoms with Crippen molar-refractivity contribution in [2.75, 3.05) is 18.0 Å². The van der Waals surface area contributed by atoms with Crippen LogP contribution in [0.5, 0.6) is 0 Å². The molecular weight excluding hydrogens is 372 g/mol. The van der Waals surface area contributed by atoms with E-state index in [1.54, 1.807) is 24.1 Å². The molecule has 1 aliphatic carbocycles. The Kier molecular flexibility index (Phi) is 3.37. The minimum Gasteiger partial charge on any atom is -0.370 e. The minimum absolute atomic E-state index is 0.176. The van der Waals surface area contributed by atoms with Crippen LogP contribution in [0.15, 0.2) is 46.5 Å². The highest BCUT2D eigenvalue weighted by Crippen LogP contribution is 2.57. The zero-order valence-electron chi connectivity index (χ0n) is 15.7. The second-order valence-corrected chi connectivity index (χ2v) is 7.72. The van der Waals surface area contributed by atoms with Crippen LogP contribution in [0.3, 0.4) is 0 Å². The molecule has 0 bridgehead atoms. The molecule has 0 N–H and O–H groups in total. The maximum Gasteiger partial charge on any atom is 0.280 e. The summed E-state index contributed by atoms with van der Waals surface area (Å²) >= 11 is 0. The number of piperidine rings is 1. The van der Waals surface area contributed by atoms with Gasteiger partial charge < -0.3 is 14.0 Å². The molecule has 4 aromatic heterocycles. The topological polar surface area (TPSA) is 108 Å². The molecule has 5 heterocycles. The molecule has 6 rings (SSSR count). The zero-order chi connectivity index (χ0) is 19.5. The second kappa shape index (κ2) is 5.97. The number of hydrogen-bond acceptors (Lipinski definition) is 8. The smallest absolute Gasteiger partial charge is 0.280 e. The summed E-state index contributed by atoms with van der Waals surface area (Å²) in [5.41, 5.74) is 1.87. The summed E-state index contributed by atoms with van der Waals surface area (Å²) in [4.78, 5) is 32.1. The molecule has 0 aromatic carbocycles. The van der Waals surface area contributed by atoms with Crippen molar-refractivity contribution in [2.24, 2.45) is 18.9 Å². The lowest BCUT2D eigenvalue weighted by Gasteiger charge is -2.20. The van der Waals surface area contributed by atoms with Crippen molar-refractivity contribution in [1.29, 1.82) is 0 Å². The molecule has 0 radical (unpaired) electrons. The van der Waals surface area contributed by atoms with Crippen LogP contribution in [0.1, 0.15) is 17.6 Å². The number of fused-ring (bicyclic) bond motifs is 2. The third-order valence-corrected chi connectivity index (χ3v) is 5.99. The summed E-state index contributed by atoms with van der Waals surface area (Å²) < 4.78 is 8.57. The van der Waals surface area contributed by atoms with E-state index in [1.807, 2.05) is 12.3 Å². The number of hydrogen-bond donors (Lipinski definition) is 0. The molecule has 1 aliphatic heterocycles. The van der Waals surface area contributed by atoms with E-state index >= 15 is 0 Å². The molecular formula is C19H18N8O2. The van der Waals surface area contributed by atoms with Crippen LogP contribution in [0.2, 0.25) is 0 Å². The highest BCUT2D eigenvalue weighted by atomic mass is 16.5. The first-order chi connectivity index (χ1) is 14.2. The maximum absolute atomic E-state index is 12.7. The van der Waals surface area contributed by atoms with E-state index in [1.165, 1.54) is 10.9 Å². The molecule has 4 aromatic rings. The Morgan fingerprint density at radius 3 is 2.83 bits per heavy atom. The van der Waals surface area contributed by atoms with Crippen molar-refractivity contribution >= 4 is 16.9 Å². The predicted molar refractivity (Wildman–Crippen MR) is 102 cm³/mol. The number of aryl methyl sites for hydroxylation is 1. The monoisotopic (exact) mass is 390 g/mol. The molecule has 146 valence electrons. The number of nitrogens with zero attached hydrogens (tertiary/aromatic N) is 8. The molecule has 0 amide bonds. The van der Waals surface area contributed by atoms with Crippen molar-refractivity contribution in [2.45, 2.75) is 12.5 Å². The number of aromatic nitrogens is 7. The van der Waals surface area contributed by atoms with Gasteiger partial charge in [0.2, 0.25) is 5.89 Å². The van der Waals surface area contributed by atoms with E-state index in [9.17, 15) is 4.79 Å². The van der Waals surface area contributed by atoms with E-state index in [4.69, 9.17) is 4.52 Å². The molecule has 2 aliphatic rings. The first-order valence-corrected chi connectivity index (χ1v) is 9.53. The highest BCUT2D eigenvalue weighted by molar-refractivity contribution is 5.68. The van der Waals surface area contributed by atoms with E-state index in [2.05, 4.69) is 36.1 Å². The molecule has 1 unspecified atom stereocenters. The summed E-state index contributed by atoms with van der Waals surface area (Å²) in [5.74, 6) is 2.56. The fourth-order valence-corrected chi connectivity index (χ4v) is 4.46. The van der Waals surface area contributed by atoms with E-state index < -0.39 is 0 Å². The standard InChI is InChI=1S/C19H18N8O2/c1-25-9-21-18-16(25)19(28)27(10-22-18)8-14-23-17(24-29-14)15-12-6-26(7-13(12)15)11-3-2-4-20-5-11/h2-5,9-10,12-13,15H,6-8H2,1H3/t12-,13+,15?. The molecule has 10 heteroatoms. The Bertz CT molecular complexity index is 1250. The van der Waals surface area contributed by atoms with Gasteiger partial charge in [0.1, 0.15) is 12.9 Å². The van der Waals surface area contributed by atoms with Crippen LogP contribution >= 0.6 is 0 Å². The van der Waals surface area contributed by atoms with Gasteiger partial charge in [-0.15, -0.1) is 0 Å². The average Bonchev–Trinajstić information content (AvgIpc) is 3.16. The summed E-state index contributed by atoms with van der Waals surface area (Å²) in [6, 6.07) is 4.05. The Morgan fingerprint density at radius 1 is 1.21 bits per heavy atom. The first-order valence-electron chi connectivity index (χ1n) is 9.53. The number of rotatable bonds is 4. The second-order valence-electron chi connectivity index (χ2n) is 7.72. The lowest BCUT2D eigenvalue weighted by Crippen LogP contribution is -2.24. The Balaban J connectivity index is 1.18. The van der Waals surface area contributed by atoms with Crippen molar-refractivity contribution < 1.29 is 4.52 Å². The lowest BCUT2D eigenvalue weighted by molar-refractivity contribution is 0.363. The van der Waals surface area contributed by atoms with Crippen LogP contribution in [0.4, 0.5) is 5.69 Å². The normalized spacial score (nSPS) is 22.9. The largest absolute Gasteiger partial charge is 0.370 e. The first kappa shape index (κ1) is 16.4. The van der Waals surface area contributed by atoms with Crippen LogP contribution in [-0.2, 0) is 13.6 Å². The predicted octanol–water partition coefficient (Wildman–Crippen LogP) is 0.806. The Morgan fingerprint density at radius 2 is 2.03 bits per heavy atom. The van der Waals surface area contributed by atoms with Gasteiger partial charge in [0.15, 0.2) is 17.0 Å². The lowest BCUT2D eigenvalue weighted by atomic mass is 10.2. The summed E-state index contributed by atoms with van der Waals surface area (Å²) in [5, 5.41) is 4.18. The third-order valence-electron chi connectivity index (χ3n) is 5.99. The van der Waals surface area contributed by atoms with Crippen molar-refractivity contribution in [3.05, 3.63) is 59.2 Å². The summed E-state index contributed by atoms with van der Waals surface area (Å²) in [6.45, 7) is 2.15. The minimum atomic E-state index is -0.176. The van der Waals surface area contributed by atoms with Gasteiger partial charge in [-0.25, -0.2) is 9.97 Å². The van der Waals surface area contributed by atoms with E-state index in [0.29, 0.717) is 34.8 Å². The summed E-state index contributed by atoms with van der Waals surface area (Å²) in [7, 11) is 1.77. The van der Waals surface area contributed by atoms with Gasteiger partial charge in [-0.3, -0.25) is 14.3 Å². The van der Waals surface area contributed by atoms with Crippen LogP contribution in [0, 0.1) is 11.8 Å². The SMILES string of the molecule is Cn1cnc2ncn(Cc3nc(C4[C@H]5CN(c6cccnc6)C[C@@H]45)no3)c(=O)c21. The molecule has 3 atom stereocenters. The quantitative estimate of drug-likeness (QED) is 0.504. The van der Waals surface area contributed by atoms with E-state index in [-0.39, 0.29) is 12.1 Å². The molecule has 29 heavy (non-hydrogen) atoms. The van der Waals surface area contributed by atoms with Crippen LogP contribution in [0.25, 0.3) is 11.2 Å². The van der Waals surface area contributed by atoms with Crippen LogP contribution in [-0.4, -0.2) is 47.3 Å². The number of imidazole rings is 1. The van der Waals surface area contributed by atoms with Crippen molar-refractivity contribution in [3.63, 3.8) is 0 Å². The molecule has 1 saturated heterocycles. The molecule has 2 fully saturated rings. The van der Waals surface area contributed by atoms with Gasteiger partial charge in [-0.05, 0) is 24.0 Å². The Hall–Kier alpha value is -3.56. The molecule has 1 saturated carbocycles. The van der Waals surface area contributed by atoms with Gasteiger partial charge in [0.25, 0.3) is 5.56 Å². The van der Waals surface area contributed by atoms with Gasteiger partial charge in [0.05, 0.1) is 18.2 Å². The van der Waals surface area contributed by atoms with Crippen molar-refractivity contribution in [1.82, 2.24) is 34.2 Å². The molecule has 0 spiro atoms. The summed E-state index contributed by atoms with van der Waals surface area (Å²) in [6.07, 6.45) is 6.74. The average molecular weight is 390 g/mol. The van der Waals surface area contributed by atoms with E-state index in [0.717, 1.165) is 24.6 Å². The van der Waals surface area contributed by atoms with Crippen LogP contribution < -0.4 is 10.5 Å². The van der Waals surface area contributed by atoms with Gasteiger partial charge in [-0.1, -0.05) is 5.16 Å². The van der Waals surface area contributed by atoms with Gasteiger partial charge in [-0.2, -0.15) is 4.98 Å². The fourth-order valence-electron chi connectivity index (χ4n) is 4.46. The third kappa shape index (κ3) is 2.55. The molecule has 10 nitrogen and oxygen atoms in total. The van der Waals surface area contributed by atoms with Gasteiger partial charge >= 0.3 is 0 Å².